The van der Waals surface area contributed by atoms with E-state index in [1.807, 2.05) is 0 Å². The maximum absolute atomic E-state index is 11.5. The molecule has 6 nitrogen and oxygen atoms in total. The number of rotatable bonds is 6. The van der Waals surface area contributed by atoms with Crippen molar-refractivity contribution in [3.8, 4) is 0 Å². The average molecular weight is 264 g/mol. The molecule has 0 heterocycles. The Bertz CT molecular complexity index is 482. The Balaban J connectivity index is 2.48. The molecular formula is C13H16N2O4. The van der Waals surface area contributed by atoms with Gasteiger partial charge >= 0.3 is 5.97 Å². The molecule has 102 valence electrons. The van der Waals surface area contributed by atoms with Crippen molar-refractivity contribution in [1.82, 2.24) is 0 Å². The lowest BCUT2D eigenvalue weighted by Crippen LogP contribution is -2.31. The highest BCUT2D eigenvalue weighted by atomic mass is 16.4. The van der Waals surface area contributed by atoms with Gasteiger partial charge < -0.3 is 16.2 Å². The van der Waals surface area contributed by atoms with E-state index in [2.05, 4.69) is 5.32 Å². The van der Waals surface area contributed by atoms with Crippen LogP contribution in [0.2, 0.25) is 0 Å². The van der Waals surface area contributed by atoms with Crippen molar-refractivity contribution in [3.05, 3.63) is 29.8 Å². The van der Waals surface area contributed by atoms with Gasteiger partial charge in [0, 0.05) is 17.7 Å². The van der Waals surface area contributed by atoms with Gasteiger partial charge in [0.2, 0.25) is 5.91 Å². The number of hydrogen-bond acceptors (Lipinski definition) is 4. The van der Waals surface area contributed by atoms with E-state index in [0.29, 0.717) is 11.3 Å². The maximum atomic E-state index is 11.5. The molecule has 0 aliphatic rings. The number of nitrogens with one attached hydrogen (secondary N) is 1. The van der Waals surface area contributed by atoms with E-state index in [0.717, 1.165) is 0 Å². The molecule has 0 radical (unpaired) electrons. The van der Waals surface area contributed by atoms with Crippen LogP contribution in [0.25, 0.3) is 0 Å². The highest BCUT2D eigenvalue weighted by molar-refractivity contribution is 5.95. The normalized spacial score (nSPS) is 11.7. The van der Waals surface area contributed by atoms with Crippen LogP contribution in [0.1, 0.15) is 30.1 Å². The molecule has 0 aliphatic carbocycles. The Morgan fingerprint density at radius 2 is 1.84 bits per heavy atom. The fourth-order valence-corrected chi connectivity index (χ4v) is 1.42. The van der Waals surface area contributed by atoms with Gasteiger partial charge in [-0.25, -0.2) is 0 Å². The fraction of sp³-hybridized carbons (Fsp3) is 0.308. The molecule has 0 fully saturated rings. The van der Waals surface area contributed by atoms with Crippen molar-refractivity contribution in [2.45, 2.75) is 25.8 Å². The number of carboxylic acids is 1. The van der Waals surface area contributed by atoms with Crippen LogP contribution < -0.4 is 11.1 Å². The summed E-state index contributed by atoms with van der Waals surface area (Å²) in [6.07, 6.45) is 0.106. The van der Waals surface area contributed by atoms with E-state index in [-0.39, 0.29) is 24.5 Å². The summed E-state index contributed by atoms with van der Waals surface area (Å²) in [6, 6.07) is 5.42. The van der Waals surface area contributed by atoms with Crippen molar-refractivity contribution in [3.63, 3.8) is 0 Å². The van der Waals surface area contributed by atoms with Gasteiger partial charge in [0.1, 0.15) is 6.04 Å². The highest BCUT2D eigenvalue weighted by Crippen LogP contribution is 2.10. The van der Waals surface area contributed by atoms with E-state index < -0.39 is 12.0 Å². The molecular weight excluding hydrogens is 248 g/mol. The quantitative estimate of drug-likeness (QED) is 0.664. The van der Waals surface area contributed by atoms with Crippen LogP contribution in [-0.2, 0) is 9.59 Å². The van der Waals surface area contributed by atoms with E-state index in [1.54, 1.807) is 24.3 Å². The molecule has 0 unspecified atom stereocenters. The monoisotopic (exact) mass is 264 g/mol. The molecule has 0 aromatic heterocycles. The Hall–Kier alpha value is -2.21. The molecule has 6 heteroatoms. The third-order valence-corrected chi connectivity index (χ3v) is 2.57. The molecule has 1 aromatic carbocycles. The summed E-state index contributed by atoms with van der Waals surface area (Å²) in [5, 5.41) is 11.2. The average Bonchev–Trinajstić information content (AvgIpc) is 2.36. The Morgan fingerprint density at radius 3 is 2.32 bits per heavy atom. The molecule has 0 bridgehead atoms. The van der Waals surface area contributed by atoms with Gasteiger partial charge in [-0.15, -0.1) is 0 Å². The lowest BCUT2D eigenvalue weighted by Gasteiger charge is -2.07. The van der Waals surface area contributed by atoms with Crippen LogP contribution in [0.4, 0.5) is 5.69 Å². The second-order valence-corrected chi connectivity index (χ2v) is 4.17. The number of benzene rings is 1. The Morgan fingerprint density at radius 1 is 1.26 bits per heavy atom. The zero-order valence-electron chi connectivity index (χ0n) is 10.6. The predicted octanol–water partition coefficient (Wildman–Crippen LogP) is 1.02. The van der Waals surface area contributed by atoms with Crippen LogP contribution in [0, 0.1) is 0 Å². The minimum absolute atomic E-state index is 0.0297. The van der Waals surface area contributed by atoms with Crippen molar-refractivity contribution in [2.75, 3.05) is 5.32 Å². The number of Topliss-reactive ketones (excluding diaryl/α,β-unsaturated/α-hetero) is 1. The van der Waals surface area contributed by atoms with Crippen LogP contribution in [0.3, 0.4) is 0 Å². The summed E-state index contributed by atoms with van der Waals surface area (Å²) in [5.74, 6) is -1.49. The van der Waals surface area contributed by atoms with Gasteiger partial charge in [-0.3, -0.25) is 14.4 Å². The largest absolute Gasteiger partial charge is 0.480 e. The Labute approximate surface area is 110 Å². The smallest absolute Gasteiger partial charge is 0.320 e. The van der Waals surface area contributed by atoms with Crippen LogP contribution in [0.5, 0.6) is 0 Å². The SMILES string of the molecule is CC(=O)c1ccc(NC(=O)CC[C@H](N)C(=O)O)cc1. The first-order valence-electron chi connectivity index (χ1n) is 5.79. The summed E-state index contributed by atoms with van der Waals surface area (Å²) in [4.78, 5) is 33.1. The molecule has 19 heavy (non-hydrogen) atoms. The first-order valence-corrected chi connectivity index (χ1v) is 5.79. The standard InChI is InChI=1S/C13H16N2O4/c1-8(16)9-2-4-10(5-3-9)15-12(17)7-6-11(14)13(18)19/h2-5,11H,6-7,14H2,1H3,(H,15,17)(H,18,19)/t11-/m0/s1. The molecule has 1 rings (SSSR count). The fourth-order valence-electron chi connectivity index (χ4n) is 1.42. The number of carbonyl (C=O) groups excluding carboxylic acids is 2. The van der Waals surface area contributed by atoms with Crippen LogP contribution >= 0.6 is 0 Å². The first-order chi connectivity index (χ1) is 8.90. The highest BCUT2D eigenvalue weighted by Gasteiger charge is 2.13. The number of amides is 1. The number of ketones is 1. The van der Waals surface area contributed by atoms with Gasteiger partial charge in [-0.2, -0.15) is 0 Å². The van der Waals surface area contributed by atoms with Gasteiger partial charge in [-0.05, 0) is 37.6 Å². The number of anilines is 1. The van der Waals surface area contributed by atoms with E-state index in [9.17, 15) is 14.4 Å². The number of hydrogen-bond donors (Lipinski definition) is 3. The van der Waals surface area contributed by atoms with Crippen molar-refractivity contribution < 1.29 is 19.5 Å². The lowest BCUT2D eigenvalue weighted by molar-refractivity contribution is -0.138. The summed E-state index contributed by atoms with van der Waals surface area (Å²) in [6.45, 7) is 1.46. The zero-order chi connectivity index (χ0) is 14.4. The van der Waals surface area contributed by atoms with Crippen molar-refractivity contribution in [2.24, 2.45) is 5.73 Å². The number of aliphatic carboxylic acids is 1. The molecule has 0 saturated heterocycles. The molecule has 1 atom stereocenters. The van der Waals surface area contributed by atoms with Gasteiger partial charge in [0.15, 0.2) is 5.78 Å². The molecule has 0 saturated carbocycles. The summed E-state index contributed by atoms with van der Waals surface area (Å²) >= 11 is 0. The van der Waals surface area contributed by atoms with Gasteiger partial charge in [0.05, 0.1) is 0 Å². The second-order valence-electron chi connectivity index (χ2n) is 4.17. The van der Waals surface area contributed by atoms with E-state index >= 15 is 0 Å². The number of carboxylic acid groups (broad SMARTS) is 1. The lowest BCUT2D eigenvalue weighted by atomic mass is 10.1. The van der Waals surface area contributed by atoms with Gasteiger partial charge in [-0.1, -0.05) is 0 Å². The number of carbonyl (C=O) groups is 3. The Kier molecular flexibility index (Phi) is 5.20. The maximum Gasteiger partial charge on any atom is 0.320 e. The van der Waals surface area contributed by atoms with Crippen molar-refractivity contribution >= 4 is 23.3 Å². The topological polar surface area (TPSA) is 109 Å². The minimum Gasteiger partial charge on any atom is -0.480 e. The summed E-state index contributed by atoms with van der Waals surface area (Å²) in [5.41, 5.74) is 6.41. The molecule has 1 amide bonds. The first kappa shape index (κ1) is 14.8. The van der Waals surface area contributed by atoms with Gasteiger partial charge in [0.25, 0.3) is 0 Å². The number of nitrogens with two attached hydrogens (primary N) is 1. The summed E-state index contributed by atoms with van der Waals surface area (Å²) < 4.78 is 0. The van der Waals surface area contributed by atoms with Crippen LogP contribution in [0.15, 0.2) is 24.3 Å². The summed E-state index contributed by atoms with van der Waals surface area (Å²) in [7, 11) is 0. The zero-order valence-corrected chi connectivity index (χ0v) is 10.6. The third kappa shape index (κ3) is 4.89. The second kappa shape index (κ2) is 6.65. The molecule has 0 spiro atoms. The van der Waals surface area contributed by atoms with E-state index in [4.69, 9.17) is 10.8 Å². The molecule has 0 aliphatic heterocycles. The third-order valence-electron chi connectivity index (χ3n) is 2.57. The van der Waals surface area contributed by atoms with Crippen LogP contribution in [-0.4, -0.2) is 28.8 Å². The van der Waals surface area contributed by atoms with E-state index in [1.165, 1.54) is 6.92 Å². The predicted molar refractivity (Wildman–Crippen MR) is 69.9 cm³/mol. The molecule has 4 N–H and O–H groups in total. The minimum atomic E-state index is -1.13. The van der Waals surface area contributed by atoms with Crippen molar-refractivity contribution in [1.29, 1.82) is 0 Å². The molecule has 1 aromatic rings.